The summed E-state index contributed by atoms with van der Waals surface area (Å²) in [7, 11) is 1.63. The van der Waals surface area contributed by atoms with E-state index < -0.39 is 5.91 Å². The molecule has 0 aliphatic heterocycles. The van der Waals surface area contributed by atoms with Crippen LogP contribution in [0.5, 0.6) is 11.5 Å². The van der Waals surface area contributed by atoms with E-state index in [-0.39, 0.29) is 12.6 Å². The summed E-state index contributed by atoms with van der Waals surface area (Å²) in [5.41, 5.74) is 8.06. The fourth-order valence-corrected chi connectivity index (χ4v) is 3.77. The molecule has 3 aromatic rings. The Bertz CT molecular complexity index is 1020. The number of hydrogen-bond acceptors (Lipinski definition) is 5. The maximum Gasteiger partial charge on any atom is 0.250 e. The van der Waals surface area contributed by atoms with Gasteiger partial charge in [0.05, 0.1) is 18.2 Å². The first-order valence-corrected chi connectivity index (χ1v) is 10.5. The van der Waals surface area contributed by atoms with E-state index in [2.05, 4.69) is 18.3 Å². The van der Waals surface area contributed by atoms with Crippen LogP contribution < -0.4 is 20.5 Å². The number of carbonyl (C=O) groups is 1. The number of fused-ring (bicyclic) bond motifs is 1. The Morgan fingerprint density at radius 3 is 2.71 bits per heavy atom. The molecule has 1 heterocycles. The van der Waals surface area contributed by atoms with Crippen LogP contribution in [0.1, 0.15) is 29.3 Å². The number of carbonyl (C=O) groups excluding carboxylic acids is 1. The molecule has 1 amide bonds. The van der Waals surface area contributed by atoms with Crippen LogP contribution in [0.25, 0.3) is 10.9 Å². The summed E-state index contributed by atoms with van der Waals surface area (Å²) in [6, 6.07) is 13.7. The van der Waals surface area contributed by atoms with Crippen molar-refractivity contribution in [1.29, 1.82) is 0 Å². The lowest BCUT2D eigenvalue weighted by Gasteiger charge is -2.16. The van der Waals surface area contributed by atoms with Crippen molar-refractivity contribution in [1.82, 2.24) is 9.88 Å². The first kappa shape index (κ1) is 22.7. The molecular formula is C24H31N3O4. The molecule has 1 unspecified atom stereocenters. The summed E-state index contributed by atoms with van der Waals surface area (Å²) >= 11 is 0. The number of nitrogens with two attached hydrogens (primary N) is 1. The number of para-hydroxylation sites is 2. The summed E-state index contributed by atoms with van der Waals surface area (Å²) in [4.78, 5) is 12.1. The summed E-state index contributed by atoms with van der Waals surface area (Å²) in [6.07, 6.45) is 3.32. The van der Waals surface area contributed by atoms with Gasteiger partial charge < -0.3 is 30.2 Å². The van der Waals surface area contributed by atoms with Crippen LogP contribution >= 0.6 is 0 Å². The molecule has 1 atom stereocenters. The largest absolute Gasteiger partial charge is 0.493 e. The van der Waals surface area contributed by atoms with E-state index in [0.29, 0.717) is 37.4 Å². The Morgan fingerprint density at radius 1 is 1.23 bits per heavy atom. The number of aryl methyl sites for hydroxylation is 1. The zero-order valence-electron chi connectivity index (χ0n) is 18.1. The van der Waals surface area contributed by atoms with Crippen molar-refractivity contribution in [2.45, 2.75) is 32.4 Å². The first-order chi connectivity index (χ1) is 15.0. The van der Waals surface area contributed by atoms with Crippen LogP contribution in [0.15, 0.2) is 48.7 Å². The van der Waals surface area contributed by atoms with Gasteiger partial charge in [-0.15, -0.1) is 0 Å². The number of rotatable bonds is 12. The number of nitrogens with zero attached hydrogens (tertiary/aromatic N) is 1. The minimum Gasteiger partial charge on any atom is -0.493 e. The van der Waals surface area contributed by atoms with Crippen molar-refractivity contribution in [3.05, 3.63) is 59.8 Å². The van der Waals surface area contributed by atoms with Crippen molar-refractivity contribution in [3.8, 4) is 11.5 Å². The molecule has 2 aromatic carbocycles. The number of benzene rings is 2. The van der Waals surface area contributed by atoms with Gasteiger partial charge in [0.1, 0.15) is 6.61 Å². The molecule has 1 aromatic heterocycles. The first-order valence-electron chi connectivity index (χ1n) is 10.5. The van der Waals surface area contributed by atoms with Crippen LogP contribution in [-0.2, 0) is 13.0 Å². The highest BCUT2D eigenvalue weighted by Gasteiger charge is 2.14. The Balaban J connectivity index is 1.61. The molecule has 166 valence electrons. The standard InChI is InChI=1S/C24H31N3O4/c1-17(26-9-13-31-22-7-4-3-6-21(22)30-2)14-18-15-19-8-11-27(10-5-12-28)23(19)20(16-18)24(25)29/h3-4,6-8,11,15-17,26,28H,5,9-10,12-14H2,1-2H3,(H2,25,29). The van der Waals surface area contributed by atoms with E-state index in [1.807, 2.05) is 47.2 Å². The highest BCUT2D eigenvalue weighted by molar-refractivity contribution is 6.05. The summed E-state index contributed by atoms with van der Waals surface area (Å²) < 4.78 is 13.1. The Labute approximate surface area is 182 Å². The molecule has 7 heteroatoms. The molecule has 7 nitrogen and oxygen atoms in total. The van der Waals surface area contributed by atoms with Crippen LogP contribution in [0.2, 0.25) is 0 Å². The Kier molecular flexibility index (Phi) is 7.92. The van der Waals surface area contributed by atoms with E-state index >= 15 is 0 Å². The van der Waals surface area contributed by atoms with Crippen molar-refractivity contribution in [2.75, 3.05) is 26.9 Å². The second-order valence-corrected chi connectivity index (χ2v) is 7.59. The van der Waals surface area contributed by atoms with Crippen LogP contribution in [0, 0.1) is 0 Å². The second-order valence-electron chi connectivity index (χ2n) is 7.59. The van der Waals surface area contributed by atoms with Gasteiger partial charge in [-0.1, -0.05) is 12.1 Å². The predicted molar refractivity (Wildman–Crippen MR) is 122 cm³/mol. The molecule has 0 saturated carbocycles. The molecule has 0 radical (unpaired) electrons. The molecule has 0 aliphatic carbocycles. The van der Waals surface area contributed by atoms with Gasteiger partial charge in [0.2, 0.25) is 0 Å². The molecule has 0 bridgehead atoms. The maximum atomic E-state index is 12.1. The SMILES string of the molecule is COc1ccccc1OCCNC(C)Cc1cc(C(N)=O)c2c(ccn2CCCO)c1. The fourth-order valence-electron chi connectivity index (χ4n) is 3.77. The van der Waals surface area contributed by atoms with E-state index in [1.54, 1.807) is 7.11 Å². The van der Waals surface area contributed by atoms with Crippen molar-refractivity contribution in [3.63, 3.8) is 0 Å². The summed E-state index contributed by atoms with van der Waals surface area (Å²) in [5.74, 6) is 0.997. The van der Waals surface area contributed by atoms with Crippen molar-refractivity contribution in [2.24, 2.45) is 5.73 Å². The Hall–Kier alpha value is -3.03. The van der Waals surface area contributed by atoms with E-state index in [0.717, 1.165) is 28.6 Å². The topological polar surface area (TPSA) is 98.7 Å². The molecule has 0 aliphatic rings. The predicted octanol–water partition coefficient (Wildman–Crippen LogP) is 2.73. The van der Waals surface area contributed by atoms with Gasteiger partial charge >= 0.3 is 0 Å². The third-order valence-corrected chi connectivity index (χ3v) is 5.21. The zero-order chi connectivity index (χ0) is 22.2. The monoisotopic (exact) mass is 425 g/mol. The lowest BCUT2D eigenvalue weighted by Crippen LogP contribution is -2.32. The molecule has 0 fully saturated rings. The van der Waals surface area contributed by atoms with Crippen LogP contribution in [0.3, 0.4) is 0 Å². The maximum absolute atomic E-state index is 12.1. The number of aliphatic hydroxyl groups excluding tert-OH is 1. The number of ether oxygens (including phenoxy) is 2. The van der Waals surface area contributed by atoms with Gasteiger partial charge in [-0.25, -0.2) is 0 Å². The van der Waals surface area contributed by atoms with Crippen molar-refractivity contribution < 1.29 is 19.4 Å². The highest BCUT2D eigenvalue weighted by atomic mass is 16.5. The van der Waals surface area contributed by atoms with Gasteiger partial charge in [-0.3, -0.25) is 4.79 Å². The van der Waals surface area contributed by atoms with Crippen LogP contribution in [0.4, 0.5) is 0 Å². The molecule has 3 rings (SSSR count). The highest BCUT2D eigenvalue weighted by Crippen LogP contribution is 2.26. The smallest absolute Gasteiger partial charge is 0.250 e. The Morgan fingerprint density at radius 2 is 2.00 bits per heavy atom. The number of aromatic nitrogens is 1. The molecule has 0 spiro atoms. The minimum absolute atomic E-state index is 0.105. The van der Waals surface area contributed by atoms with Gasteiger partial charge in [-0.2, -0.15) is 0 Å². The van der Waals surface area contributed by atoms with Gasteiger partial charge in [-0.05, 0) is 55.7 Å². The second kappa shape index (κ2) is 10.8. The van der Waals surface area contributed by atoms with E-state index in [4.69, 9.17) is 20.3 Å². The zero-order valence-corrected chi connectivity index (χ0v) is 18.1. The van der Waals surface area contributed by atoms with E-state index in [1.165, 1.54) is 0 Å². The minimum atomic E-state index is -0.443. The van der Waals surface area contributed by atoms with Gasteiger partial charge in [0, 0.05) is 37.3 Å². The van der Waals surface area contributed by atoms with Crippen LogP contribution in [-0.4, -0.2) is 48.5 Å². The third kappa shape index (κ3) is 5.77. The lowest BCUT2D eigenvalue weighted by molar-refractivity contribution is 0.100. The number of primary amides is 1. The van der Waals surface area contributed by atoms with E-state index in [9.17, 15) is 4.79 Å². The molecule has 31 heavy (non-hydrogen) atoms. The third-order valence-electron chi connectivity index (χ3n) is 5.21. The van der Waals surface area contributed by atoms with Gasteiger partial charge in [0.25, 0.3) is 5.91 Å². The number of nitrogens with one attached hydrogen (secondary N) is 1. The average Bonchev–Trinajstić information content (AvgIpc) is 3.17. The molecule has 4 N–H and O–H groups in total. The number of aliphatic hydroxyl groups is 1. The summed E-state index contributed by atoms with van der Waals surface area (Å²) in [5, 5.41) is 13.5. The fraction of sp³-hybridized carbons (Fsp3) is 0.375. The number of hydrogen-bond donors (Lipinski definition) is 3. The summed E-state index contributed by atoms with van der Waals surface area (Å²) in [6.45, 7) is 4.05. The molecule has 0 saturated heterocycles. The van der Waals surface area contributed by atoms with Crippen molar-refractivity contribution >= 4 is 16.8 Å². The number of methoxy groups -OCH3 is 1. The normalized spacial score (nSPS) is 12.1. The average molecular weight is 426 g/mol. The quantitative estimate of drug-likeness (QED) is 0.388. The lowest BCUT2D eigenvalue weighted by atomic mass is 10.0. The number of amides is 1. The van der Waals surface area contributed by atoms with Gasteiger partial charge in [0.15, 0.2) is 11.5 Å². The molecular weight excluding hydrogens is 394 g/mol.